The lowest BCUT2D eigenvalue weighted by Gasteiger charge is -2.39. The standard InChI is InChI=1S/C13H22N2O2S/c1-9-2-5-13(6-3-9,12(14)18)15-11(16)10-4-7-17-8-10/h9-10H,2-8H2,1H3,(H2,14,18)(H,15,16). The first-order valence-corrected chi connectivity index (χ1v) is 7.14. The summed E-state index contributed by atoms with van der Waals surface area (Å²) in [7, 11) is 0. The highest BCUT2D eigenvalue weighted by molar-refractivity contribution is 7.80. The minimum atomic E-state index is -0.457. The molecule has 2 rings (SSSR count). The molecular formula is C13H22N2O2S. The van der Waals surface area contributed by atoms with Gasteiger partial charge in [-0.05, 0) is 38.0 Å². The number of hydrogen-bond donors (Lipinski definition) is 2. The van der Waals surface area contributed by atoms with E-state index >= 15 is 0 Å². The zero-order valence-electron chi connectivity index (χ0n) is 10.9. The third-order valence-electron chi connectivity index (χ3n) is 4.26. The summed E-state index contributed by atoms with van der Waals surface area (Å²) in [6.45, 7) is 3.43. The van der Waals surface area contributed by atoms with Gasteiger partial charge in [-0.3, -0.25) is 4.79 Å². The molecule has 1 amide bonds. The van der Waals surface area contributed by atoms with Crippen LogP contribution in [0.3, 0.4) is 0 Å². The van der Waals surface area contributed by atoms with Crippen LogP contribution in [0.25, 0.3) is 0 Å². The molecule has 0 spiro atoms. The van der Waals surface area contributed by atoms with Crippen LogP contribution in [0.5, 0.6) is 0 Å². The van der Waals surface area contributed by atoms with Crippen LogP contribution >= 0.6 is 12.2 Å². The predicted octanol–water partition coefficient (Wildman–Crippen LogP) is 1.37. The van der Waals surface area contributed by atoms with Crippen molar-refractivity contribution < 1.29 is 9.53 Å². The summed E-state index contributed by atoms with van der Waals surface area (Å²) in [5, 5.41) is 3.11. The molecule has 0 radical (unpaired) electrons. The Hall–Kier alpha value is -0.680. The Morgan fingerprint density at radius 2 is 2.06 bits per heavy atom. The van der Waals surface area contributed by atoms with Gasteiger partial charge < -0.3 is 15.8 Å². The number of thiocarbonyl (C=S) groups is 1. The zero-order valence-corrected chi connectivity index (χ0v) is 11.7. The van der Waals surface area contributed by atoms with Gasteiger partial charge in [-0.1, -0.05) is 19.1 Å². The highest BCUT2D eigenvalue weighted by Gasteiger charge is 2.40. The molecule has 0 aromatic carbocycles. The molecule has 1 atom stereocenters. The van der Waals surface area contributed by atoms with Crippen LogP contribution in [0, 0.1) is 11.8 Å². The molecule has 5 heteroatoms. The molecule has 0 aromatic heterocycles. The monoisotopic (exact) mass is 270 g/mol. The van der Waals surface area contributed by atoms with E-state index in [4.69, 9.17) is 22.7 Å². The summed E-state index contributed by atoms with van der Waals surface area (Å²) >= 11 is 5.19. The number of carbonyl (C=O) groups excluding carboxylic acids is 1. The Bertz CT molecular complexity index is 332. The Balaban J connectivity index is 2.01. The maximum atomic E-state index is 12.2. The molecule has 1 saturated carbocycles. The van der Waals surface area contributed by atoms with E-state index in [2.05, 4.69) is 12.2 Å². The third-order valence-corrected chi connectivity index (χ3v) is 4.65. The van der Waals surface area contributed by atoms with E-state index in [0.717, 1.165) is 32.1 Å². The summed E-state index contributed by atoms with van der Waals surface area (Å²) in [5.41, 5.74) is 5.42. The van der Waals surface area contributed by atoms with Crippen molar-refractivity contribution in [3.8, 4) is 0 Å². The van der Waals surface area contributed by atoms with Gasteiger partial charge in [-0.15, -0.1) is 0 Å². The average Bonchev–Trinajstić information content (AvgIpc) is 2.85. The van der Waals surface area contributed by atoms with Gasteiger partial charge in [0.05, 0.1) is 23.1 Å². The van der Waals surface area contributed by atoms with Crippen LogP contribution in [0.1, 0.15) is 39.0 Å². The van der Waals surface area contributed by atoms with E-state index in [1.165, 1.54) is 0 Å². The second kappa shape index (κ2) is 5.53. The molecule has 18 heavy (non-hydrogen) atoms. The number of nitrogens with two attached hydrogens (primary N) is 1. The molecule has 2 fully saturated rings. The summed E-state index contributed by atoms with van der Waals surface area (Å²) < 4.78 is 5.25. The highest BCUT2D eigenvalue weighted by atomic mass is 32.1. The minimum absolute atomic E-state index is 0.0319. The summed E-state index contributed by atoms with van der Waals surface area (Å²) in [5.74, 6) is 0.713. The Labute approximate surface area is 114 Å². The van der Waals surface area contributed by atoms with Gasteiger partial charge in [0.1, 0.15) is 0 Å². The number of hydrogen-bond acceptors (Lipinski definition) is 3. The smallest absolute Gasteiger partial charge is 0.226 e. The number of carbonyl (C=O) groups is 1. The van der Waals surface area contributed by atoms with E-state index in [0.29, 0.717) is 24.1 Å². The topological polar surface area (TPSA) is 64.3 Å². The second-order valence-corrected chi connectivity index (χ2v) is 6.12. The molecule has 1 unspecified atom stereocenters. The quantitative estimate of drug-likeness (QED) is 0.760. The normalized spacial score (nSPS) is 36.3. The molecule has 4 nitrogen and oxygen atoms in total. The fourth-order valence-corrected chi connectivity index (χ4v) is 3.02. The maximum absolute atomic E-state index is 12.2. The molecule has 3 N–H and O–H groups in total. The van der Waals surface area contributed by atoms with Crippen molar-refractivity contribution in [3.63, 3.8) is 0 Å². The predicted molar refractivity (Wildman–Crippen MR) is 74.2 cm³/mol. The molecule has 0 aromatic rings. The third kappa shape index (κ3) is 2.83. The highest BCUT2D eigenvalue weighted by Crippen LogP contribution is 2.32. The van der Waals surface area contributed by atoms with Crippen LogP contribution in [0.4, 0.5) is 0 Å². The van der Waals surface area contributed by atoms with Crippen molar-refractivity contribution >= 4 is 23.1 Å². The van der Waals surface area contributed by atoms with Gasteiger partial charge in [0.2, 0.25) is 5.91 Å². The average molecular weight is 270 g/mol. The Morgan fingerprint density at radius 1 is 1.39 bits per heavy atom. The first kappa shape index (κ1) is 13.7. The first-order chi connectivity index (χ1) is 8.53. The van der Waals surface area contributed by atoms with E-state index in [1.54, 1.807) is 0 Å². The molecule has 102 valence electrons. The van der Waals surface area contributed by atoms with Crippen molar-refractivity contribution in [1.29, 1.82) is 0 Å². The SMILES string of the molecule is CC1CCC(NC(=O)C2CCOC2)(C(N)=S)CC1. The lowest BCUT2D eigenvalue weighted by Crippen LogP contribution is -2.59. The molecule has 1 heterocycles. The summed E-state index contributed by atoms with van der Waals surface area (Å²) in [6, 6.07) is 0. The van der Waals surface area contributed by atoms with Gasteiger partial charge >= 0.3 is 0 Å². The van der Waals surface area contributed by atoms with Crippen molar-refractivity contribution in [3.05, 3.63) is 0 Å². The molecule has 1 aliphatic carbocycles. The largest absolute Gasteiger partial charge is 0.391 e. The van der Waals surface area contributed by atoms with Crippen molar-refractivity contribution in [2.45, 2.75) is 44.6 Å². The van der Waals surface area contributed by atoms with Gasteiger partial charge in [-0.25, -0.2) is 0 Å². The molecule has 1 saturated heterocycles. The van der Waals surface area contributed by atoms with Crippen LogP contribution in [-0.4, -0.2) is 29.6 Å². The lowest BCUT2D eigenvalue weighted by atomic mass is 9.76. The van der Waals surface area contributed by atoms with Crippen molar-refractivity contribution in [2.75, 3.05) is 13.2 Å². The fourth-order valence-electron chi connectivity index (χ4n) is 2.77. The second-order valence-electron chi connectivity index (χ2n) is 5.68. The number of ether oxygens (including phenoxy) is 1. The van der Waals surface area contributed by atoms with Crippen LogP contribution in [-0.2, 0) is 9.53 Å². The maximum Gasteiger partial charge on any atom is 0.226 e. The number of rotatable bonds is 3. The summed E-state index contributed by atoms with van der Waals surface area (Å²) in [4.78, 5) is 12.6. The van der Waals surface area contributed by atoms with Crippen LogP contribution in [0.15, 0.2) is 0 Å². The molecule has 0 bridgehead atoms. The fraction of sp³-hybridized carbons (Fsp3) is 0.846. The number of amides is 1. The van der Waals surface area contributed by atoms with Crippen molar-refractivity contribution in [2.24, 2.45) is 17.6 Å². The van der Waals surface area contributed by atoms with Gasteiger partial charge in [-0.2, -0.15) is 0 Å². The van der Waals surface area contributed by atoms with E-state index in [-0.39, 0.29) is 11.8 Å². The van der Waals surface area contributed by atoms with E-state index < -0.39 is 5.54 Å². The van der Waals surface area contributed by atoms with Crippen LogP contribution < -0.4 is 11.1 Å². The van der Waals surface area contributed by atoms with Gasteiger partial charge in [0.25, 0.3) is 0 Å². The Morgan fingerprint density at radius 3 is 2.56 bits per heavy atom. The first-order valence-electron chi connectivity index (χ1n) is 6.73. The van der Waals surface area contributed by atoms with Gasteiger partial charge in [0, 0.05) is 6.61 Å². The number of nitrogens with one attached hydrogen (secondary N) is 1. The van der Waals surface area contributed by atoms with Gasteiger partial charge in [0.15, 0.2) is 0 Å². The zero-order chi connectivity index (χ0) is 13.2. The Kier molecular flexibility index (Phi) is 4.22. The summed E-state index contributed by atoms with van der Waals surface area (Å²) in [6.07, 6.45) is 4.67. The van der Waals surface area contributed by atoms with E-state index in [9.17, 15) is 4.79 Å². The van der Waals surface area contributed by atoms with Crippen LogP contribution in [0.2, 0.25) is 0 Å². The molecule has 2 aliphatic rings. The molecule has 1 aliphatic heterocycles. The minimum Gasteiger partial charge on any atom is -0.391 e. The van der Waals surface area contributed by atoms with Crippen molar-refractivity contribution in [1.82, 2.24) is 5.32 Å². The lowest BCUT2D eigenvalue weighted by molar-refractivity contribution is -0.126. The molecular weight excluding hydrogens is 248 g/mol. The van der Waals surface area contributed by atoms with E-state index in [1.807, 2.05) is 0 Å².